The van der Waals surface area contributed by atoms with Crippen LogP contribution in [0.4, 0.5) is 0 Å². The molecule has 0 aromatic heterocycles. The predicted molar refractivity (Wildman–Crippen MR) is 77.2 cm³/mol. The molecule has 0 radical (unpaired) electrons. The zero-order valence-corrected chi connectivity index (χ0v) is 12.0. The van der Waals surface area contributed by atoms with E-state index in [9.17, 15) is 4.79 Å². The Bertz CT molecular complexity index is 413. The lowest BCUT2D eigenvalue weighted by Crippen LogP contribution is -2.38. The van der Waals surface area contributed by atoms with Gasteiger partial charge in [-0.1, -0.05) is 32.9 Å². The quantitative estimate of drug-likeness (QED) is 0.792. The van der Waals surface area contributed by atoms with Crippen molar-refractivity contribution in [2.75, 3.05) is 19.6 Å². The van der Waals surface area contributed by atoms with E-state index in [1.807, 2.05) is 12.1 Å². The SMILES string of the molecule is CCN(Cc1ccc(C(=O)O)cc1)CC(C)(C)CN. The van der Waals surface area contributed by atoms with Gasteiger partial charge in [-0.05, 0) is 36.2 Å². The van der Waals surface area contributed by atoms with Crippen molar-refractivity contribution in [3.8, 4) is 0 Å². The van der Waals surface area contributed by atoms with Gasteiger partial charge in [-0.15, -0.1) is 0 Å². The molecule has 4 heteroatoms. The first-order chi connectivity index (χ1) is 8.88. The first kappa shape index (κ1) is 15.7. The molecule has 106 valence electrons. The minimum Gasteiger partial charge on any atom is -0.478 e. The van der Waals surface area contributed by atoms with E-state index in [1.165, 1.54) is 0 Å². The summed E-state index contributed by atoms with van der Waals surface area (Å²) in [4.78, 5) is 13.1. The molecule has 0 atom stereocenters. The monoisotopic (exact) mass is 264 g/mol. The van der Waals surface area contributed by atoms with Gasteiger partial charge in [0.15, 0.2) is 0 Å². The second-order valence-electron chi connectivity index (χ2n) is 5.67. The van der Waals surface area contributed by atoms with E-state index in [1.54, 1.807) is 12.1 Å². The molecule has 1 aromatic carbocycles. The Morgan fingerprint density at radius 3 is 2.32 bits per heavy atom. The number of hydrogen-bond donors (Lipinski definition) is 2. The third-order valence-corrected chi connectivity index (χ3v) is 3.26. The second-order valence-corrected chi connectivity index (χ2v) is 5.67. The molecule has 0 saturated heterocycles. The van der Waals surface area contributed by atoms with Crippen LogP contribution in [0.25, 0.3) is 0 Å². The van der Waals surface area contributed by atoms with E-state index in [0.29, 0.717) is 12.1 Å². The number of carboxylic acids is 1. The highest BCUT2D eigenvalue weighted by atomic mass is 16.4. The second kappa shape index (κ2) is 6.68. The highest BCUT2D eigenvalue weighted by Crippen LogP contribution is 2.17. The van der Waals surface area contributed by atoms with Crippen LogP contribution in [0.5, 0.6) is 0 Å². The number of benzene rings is 1. The maximum atomic E-state index is 10.8. The number of aromatic carboxylic acids is 1. The predicted octanol–water partition coefficient (Wildman–Crippen LogP) is 2.19. The Hall–Kier alpha value is -1.39. The van der Waals surface area contributed by atoms with Gasteiger partial charge in [-0.3, -0.25) is 4.90 Å². The third-order valence-electron chi connectivity index (χ3n) is 3.26. The van der Waals surface area contributed by atoms with Crippen LogP contribution in [-0.4, -0.2) is 35.6 Å². The minimum absolute atomic E-state index is 0.0943. The van der Waals surface area contributed by atoms with Crippen molar-refractivity contribution in [3.05, 3.63) is 35.4 Å². The summed E-state index contributed by atoms with van der Waals surface area (Å²) in [6.07, 6.45) is 0. The van der Waals surface area contributed by atoms with Crippen molar-refractivity contribution < 1.29 is 9.90 Å². The average Bonchev–Trinajstić information content (AvgIpc) is 2.38. The molecule has 0 aliphatic heterocycles. The van der Waals surface area contributed by atoms with Gasteiger partial charge in [0.05, 0.1) is 5.56 Å². The summed E-state index contributed by atoms with van der Waals surface area (Å²) in [5, 5.41) is 8.86. The summed E-state index contributed by atoms with van der Waals surface area (Å²) in [5.41, 5.74) is 7.31. The number of carboxylic acid groups (broad SMARTS) is 1. The molecule has 19 heavy (non-hydrogen) atoms. The van der Waals surface area contributed by atoms with Crippen LogP contribution in [0, 0.1) is 5.41 Å². The summed E-state index contributed by atoms with van der Waals surface area (Å²) in [6, 6.07) is 7.06. The lowest BCUT2D eigenvalue weighted by atomic mass is 9.93. The third kappa shape index (κ3) is 5.01. The van der Waals surface area contributed by atoms with E-state index in [2.05, 4.69) is 25.7 Å². The van der Waals surface area contributed by atoms with Crippen molar-refractivity contribution in [1.29, 1.82) is 0 Å². The van der Waals surface area contributed by atoms with Crippen LogP contribution in [0.1, 0.15) is 36.7 Å². The Morgan fingerprint density at radius 1 is 1.32 bits per heavy atom. The molecular weight excluding hydrogens is 240 g/mol. The first-order valence-electron chi connectivity index (χ1n) is 6.62. The Labute approximate surface area is 115 Å². The number of rotatable bonds is 7. The number of hydrogen-bond acceptors (Lipinski definition) is 3. The summed E-state index contributed by atoms with van der Waals surface area (Å²) >= 11 is 0. The largest absolute Gasteiger partial charge is 0.478 e. The van der Waals surface area contributed by atoms with Crippen LogP contribution in [0.3, 0.4) is 0 Å². The first-order valence-corrected chi connectivity index (χ1v) is 6.62. The molecule has 1 rings (SSSR count). The van der Waals surface area contributed by atoms with Crippen LogP contribution < -0.4 is 5.73 Å². The Kier molecular flexibility index (Phi) is 5.51. The maximum Gasteiger partial charge on any atom is 0.335 e. The van der Waals surface area contributed by atoms with Gasteiger partial charge in [0.25, 0.3) is 0 Å². The standard InChI is InChI=1S/C15H24N2O2/c1-4-17(11-15(2,3)10-16)9-12-5-7-13(8-6-12)14(18)19/h5-8H,4,9-11,16H2,1-3H3,(H,18,19). The van der Waals surface area contributed by atoms with Crippen molar-refractivity contribution in [1.82, 2.24) is 4.90 Å². The Balaban J connectivity index is 2.68. The molecule has 3 N–H and O–H groups in total. The molecule has 0 aliphatic carbocycles. The van der Waals surface area contributed by atoms with E-state index in [0.717, 1.165) is 25.2 Å². The van der Waals surface area contributed by atoms with Crippen LogP contribution >= 0.6 is 0 Å². The van der Waals surface area contributed by atoms with Gasteiger partial charge in [-0.25, -0.2) is 4.79 Å². The average molecular weight is 264 g/mol. The summed E-state index contributed by atoms with van der Waals surface area (Å²) in [6.45, 7) is 9.79. The molecular formula is C15H24N2O2. The fourth-order valence-electron chi connectivity index (χ4n) is 1.96. The van der Waals surface area contributed by atoms with Crippen molar-refractivity contribution >= 4 is 5.97 Å². The molecule has 0 amide bonds. The van der Waals surface area contributed by atoms with E-state index >= 15 is 0 Å². The van der Waals surface area contributed by atoms with Gasteiger partial charge in [-0.2, -0.15) is 0 Å². The van der Waals surface area contributed by atoms with Gasteiger partial charge in [0.2, 0.25) is 0 Å². The van der Waals surface area contributed by atoms with E-state index in [-0.39, 0.29) is 5.41 Å². The lowest BCUT2D eigenvalue weighted by molar-refractivity contribution is 0.0697. The Morgan fingerprint density at radius 2 is 1.89 bits per heavy atom. The van der Waals surface area contributed by atoms with Crippen molar-refractivity contribution in [3.63, 3.8) is 0 Å². The molecule has 0 bridgehead atoms. The summed E-state index contributed by atoms with van der Waals surface area (Å²) in [5.74, 6) is -0.886. The molecule has 0 saturated carbocycles. The van der Waals surface area contributed by atoms with Crippen LogP contribution in [0.15, 0.2) is 24.3 Å². The van der Waals surface area contributed by atoms with Gasteiger partial charge in [0, 0.05) is 13.1 Å². The number of carbonyl (C=O) groups is 1. The molecule has 0 spiro atoms. The van der Waals surface area contributed by atoms with E-state index in [4.69, 9.17) is 10.8 Å². The lowest BCUT2D eigenvalue weighted by Gasteiger charge is -2.31. The van der Waals surface area contributed by atoms with Gasteiger partial charge >= 0.3 is 5.97 Å². The molecule has 0 heterocycles. The number of nitrogens with two attached hydrogens (primary N) is 1. The molecule has 0 aliphatic rings. The van der Waals surface area contributed by atoms with E-state index < -0.39 is 5.97 Å². The highest BCUT2D eigenvalue weighted by molar-refractivity contribution is 5.87. The minimum atomic E-state index is -0.886. The zero-order chi connectivity index (χ0) is 14.5. The molecule has 0 fully saturated rings. The molecule has 0 unspecified atom stereocenters. The highest BCUT2D eigenvalue weighted by Gasteiger charge is 2.19. The van der Waals surface area contributed by atoms with Crippen molar-refractivity contribution in [2.24, 2.45) is 11.1 Å². The fourth-order valence-corrected chi connectivity index (χ4v) is 1.96. The summed E-state index contributed by atoms with van der Waals surface area (Å²) < 4.78 is 0. The van der Waals surface area contributed by atoms with Gasteiger partial charge in [0.1, 0.15) is 0 Å². The zero-order valence-electron chi connectivity index (χ0n) is 12.0. The normalized spacial score (nSPS) is 11.8. The van der Waals surface area contributed by atoms with Gasteiger partial charge < -0.3 is 10.8 Å². The molecule has 4 nitrogen and oxygen atoms in total. The van der Waals surface area contributed by atoms with Crippen LogP contribution in [-0.2, 0) is 6.54 Å². The van der Waals surface area contributed by atoms with Crippen LogP contribution in [0.2, 0.25) is 0 Å². The topological polar surface area (TPSA) is 66.6 Å². The maximum absolute atomic E-state index is 10.8. The fraction of sp³-hybridized carbons (Fsp3) is 0.533. The number of nitrogens with zero attached hydrogens (tertiary/aromatic N) is 1. The van der Waals surface area contributed by atoms with Crippen molar-refractivity contribution in [2.45, 2.75) is 27.3 Å². The summed E-state index contributed by atoms with van der Waals surface area (Å²) in [7, 11) is 0. The molecule has 1 aromatic rings. The smallest absolute Gasteiger partial charge is 0.335 e.